The number of amides is 1. The first-order chi connectivity index (χ1) is 20.2. The summed E-state index contributed by atoms with van der Waals surface area (Å²) >= 11 is 1.47. The van der Waals surface area contributed by atoms with Gasteiger partial charge in [0.1, 0.15) is 16.3 Å². The lowest BCUT2D eigenvalue weighted by molar-refractivity contribution is 0.0205. The van der Waals surface area contributed by atoms with Crippen LogP contribution >= 0.6 is 11.3 Å². The average molecular weight is 587 g/mol. The molecule has 1 saturated carbocycles. The number of aryl methyl sites for hydroxylation is 1. The summed E-state index contributed by atoms with van der Waals surface area (Å²) in [5.41, 5.74) is 3.74. The highest BCUT2D eigenvalue weighted by molar-refractivity contribution is 7.13. The third-order valence-corrected chi connectivity index (χ3v) is 9.03. The zero-order valence-corrected chi connectivity index (χ0v) is 25.5. The molecule has 1 amide bonds. The van der Waals surface area contributed by atoms with Gasteiger partial charge in [-0.05, 0) is 83.1 Å². The first kappa shape index (κ1) is 28.3. The fourth-order valence-electron chi connectivity index (χ4n) is 6.11. The number of hydrogen-bond donors (Lipinski definition) is 1. The van der Waals surface area contributed by atoms with E-state index >= 15 is 0 Å². The minimum atomic E-state index is -0.483. The molecule has 6 rings (SSSR count). The first-order valence-electron chi connectivity index (χ1n) is 14.8. The second-order valence-corrected chi connectivity index (χ2v) is 13.3. The Morgan fingerprint density at radius 2 is 1.76 bits per heavy atom. The van der Waals surface area contributed by atoms with Crippen molar-refractivity contribution in [3.63, 3.8) is 0 Å². The van der Waals surface area contributed by atoms with Gasteiger partial charge in [-0.1, -0.05) is 25.0 Å². The molecule has 0 bridgehead atoms. The van der Waals surface area contributed by atoms with Crippen molar-refractivity contribution < 1.29 is 9.53 Å². The molecule has 0 atom stereocenters. The summed E-state index contributed by atoms with van der Waals surface area (Å²) in [6.07, 6.45) is 7.48. The van der Waals surface area contributed by atoms with Crippen molar-refractivity contribution in [1.29, 1.82) is 0 Å². The van der Waals surface area contributed by atoms with E-state index in [1.54, 1.807) is 6.20 Å². The summed E-state index contributed by atoms with van der Waals surface area (Å²) in [4.78, 5) is 42.1. The van der Waals surface area contributed by atoms with Crippen LogP contribution in [0.3, 0.4) is 0 Å². The number of carbonyl (C=O) groups excluding carboxylic acids is 1. The number of nitrogens with zero attached hydrogens (tertiary/aromatic N) is 5. The van der Waals surface area contributed by atoms with E-state index in [2.05, 4.69) is 22.4 Å². The molecule has 1 saturated heterocycles. The summed E-state index contributed by atoms with van der Waals surface area (Å²) in [6.45, 7) is 9.04. The summed E-state index contributed by atoms with van der Waals surface area (Å²) in [7, 11) is 0. The Labute approximate surface area is 250 Å². The van der Waals surface area contributed by atoms with Gasteiger partial charge in [0, 0.05) is 41.8 Å². The van der Waals surface area contributed by atoms with Crippen molar-refractivity contribution in [2.24, 2.45) is 0 Å². The van der Waals surface area contributed by atoms with E-state index in [-0.39, 0.29) is 17.7 Å². The van der Waals surface area contributed by atoms with E-state index < -0.39 is 5.60 Å². The number of rotatable bonds is 5. The minimum absolute atomic E-state index is 0.0320. The van der Waals surface area contributed by atoms with Crippen molar-refractivity contribution in [3.8, 4) is 10.6 Å². The van der Waals surface area contributed by atoms with Crippen LogP contribution in [0.2, 0.25) is 0 Å². The number of anilines is 2. The van der Waals surface area contributed by atoms with E-state index in [0.29, 0.717) is 36.2 Å². The lowest BCUT2D eigenvalue weighted by Gasteiger charge is -2.33. The quantitative estimate of drug-likeness (QED) is 0.264. The number of aromatic nitrogens is 4. The van der Waals surface area contributed by atoms with Gasteiger partial charge in [-0.2, -0.15) is 4.98 Å². The van der Waals surface area contributed by atoms with Crippen LogP contribution in [0.1, 0.15) is 82.5 Å². The van der Waals surface area contributed by atoms with Crippen LogP contribution in [0, 0.1) is 6.92 Å². The van der Waals surface area contributed by atoms with Crippen molar-refractivity contribution in [2.75, 3.05) is 18.4 Å². The normalized spacial score (nSPS) is 16.7. The molecule has 1 aliphatic carbocycles. The zero-order valence-electron chi connectivity index (χ0n) is 24.7. The smallest absolute Gasteiger partial charge is 0.410 e. The number of piperidine rings is 1. The maximum atomic E-state index is 13.8. The van der Waals surface area contributed by atoms with Crippen molar-refractivity contribution in [2.45, 2.75) is 83.8 Å². The Balaban J connectivity index is 1.22. The second-order valence-electron chi connectivity index (χ2n) is 12.4. The molecule has 0 spiro atoms. The third-order valence-electron chi connectivity index (χ3n) is 8.22. The lowest BCUT2D eigenvalue weighted by atomic mass is 9.89. The number of carbonyl (C=O) groups is 1. The summed E-state index contributed by atoms with van der Waals surface area (Å²) in [5, 5.41) is 6.88. The third kappa shape index (κ3) is 5.90. The van der Waals surface area contributed by atoms with Gasteiger partial charge in [0.15, 0.2) is 0 Å². The molecule has 2 aliphatic rings. The van der Waals surface area contributed by atoms with E-state index in [1.807, 2.05) is 60.7 Å². The first-order valence-corrected chi connectivity index (χ1v) is 15.7. The fourth-order valence-corrected chi connectivity index (χ4v) is 6.75. The van der Waals surface area contributed by atoms with Crippen LogP contribution in [-0.4, -0.2) is 49.2 Å². The Morgan fingerprint density at radius 3 is 2.40 bits per heavy atom. The molecule has 1 N–H and O–H groups in total. The van der Waals surface area contributed by atoms with Gasteiger partial charge >= 0.3 is 6.09 Å². The molecule has 0 radical (unpaired) electrons. The topological polar surface area (TPSA) is 102 Å². The molecule has 1 aromatic carbocycles. The van der Waals surface area contributed by atoms with Gasteiger partial charge in [0.2, 0.25) is 5.95 Å². The number of thiazole rings is 1. The van der Waals surface area contributed by atoms with Crippen LogP contribution < -0.4 is 10.9 Å². The number of pyridine rings is 1. The largest absolute Gasteiger partial charge is 0.444 e. The van der Waals surface area contributed by atoms with Crippen molar-refractivity contribution in [3.05, 3.63) is 63.5 Å². The summed E-state index contributed by atoms with van der Waals surface area (Å²) < 4.78 is 7.43. The lowest BCUT2D eigenvalue weighted by Crippen LogP contribution is -2.41. The highest BCUT2D eigenvalue weighted by Gasteiger charge is 2.28. The molecule has 10 heteroatoms. The molecule has 220 valence electrons. The van der Waals surface area contributed by atoms with Gasteiger partial charge in [-0.15, -0.1) is 11.3 Å². The number of benzene rings is 1. The van der Waals surface area contributed by atoms with Crippen molar-refractivity contribution in [1.82, 2.24) is 24.4 Å². The predicted molar refractivity (Wildman–Crippen MR) is 167 cm³/mol. The molecular weight excluding hydrogens is 548 g/mol. The number of hydrogen-bond acceptors (Lipinski definition) is 8. The van der Waals surface area contributed by atoms with Crippen LogP contribution in [0.5, 0.6) is 0 Å². The van der Waals surface area contributed by atoms with E-state index in [1.165, 1.54) is 16.9 Å². The van der Waals surface area contributed by atoms with Crippen LogP contribution in [0.15, 0.2) is 46.7 Å². The molecule has 3 aromatic heterocycles. The van der Waals surface area contributed by atoms with E-state index in [0.717, 1.165) is 60.3 Å². The van der Waals surface area contributed by atoms with Gasteiger partial charge < -0.3 is 15.0 Å². The monoisotopic (exact) mass is 586 g/mol. The average Bonchev–Trinajstić information content (AvgIpc) is 3.68. The standard InChI is InChI=1S/C32H38N6O3S/c1-20-25-19-26(28-33-15-18-42-28)29(39)38(24-7-5-6-8-24)27(25)36-30(34-20)35-23-11-9-21(10-12-23)22-13-16-37(17-14-22)31(40)41-32(2,3)4/h9-12,15,18-19,22,24H,5-8,13-14,16-17H2,1-4H3,(H,34,35,36). The van der Waals surface area contributed by atoms with Crippen LogP contribution in [0.25, 0.3) is 21.6 Å². The van der Waals surface area contributed by atoms with Crippen molar-refractivity contribution >= 4 is 40.1 Å². The van der Waals surface area contributed by atoms with Crippen LogP contribution in [-0.2, 0) is 4.74 Å². The Kier molecular flexibility index (Phi) is 7.74. The molecule has 1 aliphatic heterocycles. The SMILES string of the molecule is Cc1nc(Nc2ccc(C3CCN(C(=O)OC(C)(C)C)CC3)cc2)nc2c1cc(-c1nccs1)c(=O)n2C1CCCC1. The highest BCUT2D eigenvalue weighted by Crippen LogP contribution is 2.34. The maximum Gasteiger partial charge on any atom is 0.410 e. The number of fused-ring (bicyclic) bond motifs is 1. The summed E-state index contributed by atoms with van der Waals surface area (Å²) in [5.74, 6) is 0.872. The van der Waals surface area contributed by atoms with Gasteiger partial charge in [-0.3, -0.25) is 9.36 Å². The van der Waals surface area contributed by atoms with Gasteiger partial charge in [-0.25, -0.2) is 14.8 Å². The molecule has 42 heavy (non-hydrogen) atoms. The Bertz CT molecular complexity index is 1630. The highest BCUT2D eigenvalue weighted by atomic mass is 32.1. The van der Waals surface area contributed by atoms with Crippen LogP contribution in [0.4, 0.5) is 16.4 Å². The molecule has 4 heterocycles. The number of ether oxygens (including phenoxy) is 1. The number of likely N-dealkylation sites (tertiary alicyclic amines) is 1. The maximum absolute atomic E-state index is 13.8. The number of nitrogens with one attached hydrogen (secondary N) is 1. The second kappa shape index (κ2) is 11.5. The predicted octanol–water partition coefficient (Wildman–Crippen LogP) is 7.20. The minimum Gasteiger partial charge on any atom is -0.444 e. The van der Waals surface area contributed by atoms with E-state index in [9.17, 15) is 9.59 Å². The molecule has 4 aromatic rings. The van der Waals surface area contributed by atoms with Gasteiger partial charge in [0.25, 0.3) is 5.56 Å². The Morgan fingerprint density at radius 1 is 1.05 bits per heavy atom. The molecular formula is C32H38N6O3S. The molecule has 0 unspecified atom stereocenters. The fraction of sp³-hybridized carbons (Fsp3) is 0.469. The van der Waals surface area contributed by atoms with E-state index in [4.69, 9.17) is 14.7 Å². The summed E-state index contributed by atoms with van der Waals surface area (Å²) in [6, 6.07) is 10.4. The Hall–Kier alpha value is -3.79. The zero-order chi connectivity index (χ0) is 29.4. The van der Waals surface area contributed by atoms with Gasteiger partial charge in [0.05, 0.1) is 11.3 Å². The molecule has 2 fully saturated rings. The molecule has 9 nitrogen and oxygen atoms in total.